The molecule has 6 nitrogen and oxygen atoms in total. The molecule has 0 aliphatic carbocycles. The van der Waals surface area contributed by atoms with Gasteiger partial charge in [0.25, 0.3) is 0 Å². The van der Waals surface area contributed by atoms with E-state index in [0.717, 1.165) is 18.7 Å². The SMILES string of the molecule is Cc1ccnc(C2CCN(c3nccc(C)c3[N+](=O)[O-])C2)c1. The van der Waals surface area contributed by atoms with Crippen LogP contribution in [-0.4, -0.2) is 28.0 Å². The first-order chi connectivity index (χ1) is 10.6. The van der Waals surface area contributed by atoms with Gasteiger partial charge in [0.2, 0.25) is 5.82 Å². The van der Waals surface area contributed by atoms with Gasteiger partial charge in [0.15, 0.2) is 0 Å². The zero-order chi connectivity index (χ0) is 15.7. The normalized spacial score (nSPS) is 17.7. The van der Waals surface area contributed by atoms with Gasteiger partial charge in [0, 0.05) is 42.7 Å². The summed E-state index contributed by atoms with van der Waals surface area (Å²) in [6.07, 6.45) is 4.39. The predicted octanol–water partition coefficient (Wildman–Crippen LogP) is 3.00. The molecule has 1 unspecified atom stereocenters. The summed E-state index contributed by atoms with van der Waals surface area (Å²) in [5.41, 5.74) is 2.99. The Balaban J connectivity index is 1.87. The van der Waals surface area contributed by atoms with Gasteiger partial charge >= 0.3 is 5.69 Å². The Hall–Kier alpha value is -2.50. The van der Waals surface area contributed by atoms with Crippen molar-refractivity contribution in [3.63, 3.8) is 0 Å². The van der Waals surface area contributed by atoms with E-state index >= 15 is 0 Å². The fourth-order valence-corrected chi connectivity index (χ4v) is 2.97. The molecule has 0 N–H and O–H groups in total. The molecule has 22 heavy (non-hydrogen) atoms. The Labute approximate surface area is 129 Å². The van der Waals surface area contributed by atoms with E-state index in [1.165, 1.54) is 5.56 Å². The van der Waals surface area contributed by atoms with Gasteiger partial charge in [-0.05, 0) is 44.0 Å². The van der Waals surface area contributed by atoms with Crippen LogP contribution in [0.4, 0.5) is 11.5 Å². The fraction of sp³-hybridized carbons (Fsp3) is 0.375. The number of hydrogen-bond donors (Lipinski definition) is 0. The average molecular weight is 298 g/mol. The molecule has 1 aliphatic heterocycles. The Kier molecular flexibility index (Phi) is 3.75. The first-order valence-electron chi connectivity index (χ1n) is 7.33. The first-order valence-corrected chi connectivity index (χ1v) is 7.33. The van der Waals surface area contributed by atoms with Gasteiger partial charge in [-0.15, -0.1) is 0 Å². The third-order valence-corrected chi connectivity index (χ3v) is 4.13. The van der Waals surface area contributed by atoms with Crippen LogP contribution in [0.3, 0.4) is 0 Å². The lowest BCUT2D eigenvalue weighted by atomic mass is 10.0. The minimum atomic E-state index is -0.337. The van der Waals surface area contributed by atoms with Crippen molar-refractivity contribution in [1.82, 2.24) is 9.97 Å². The Bertz CT molecular complexity index is 717. The van der Waals surface area contributed by atoms with E-state index in [0.29, 0.717) is 23.8 Å². The number of rotatable bonds is 3. The smallest absolute Gasteiger partial charge is 0.314 e. The van der Waals surface area contributed by atoms with Crippen molar-refractivity contribution in [3.8, 4) is 0 Å². The van der Waals surface area contributed by atoms with Gasteiger partial charge in [0.1, 0.15) is 0 Å². The molecule has 3 rings (SSSR count). The maximum atomic E-state index is 11.3. The van der Waals surface area contributed by atoms with E-state index < -0.39 is 0 Å². The number of aromatic nitrogens is 2. The summed E-state index contributed by atoms with van der Waals surface area (Å²) in [7, 11) is 0. The van der Waals surface area contributed by atoms with Crippen molar-refractivity contribution >= 4 is 11.5 Å². The highest BCUT2D eigenvalue weighted by Crippen LogP contribution is 2.35. The lowest BCUT2D eigenvalue weighted by Crippen LogP contribution is -2.22. The molecule has 0 bridgehead atoms. The average Bonchev–Trinajstić information content (AvgIpc) is 2.96. The number of nitro groups is 1. The molecule has 2 aromatic rings. The van der Waals surface area contributed by atoms with Crippen molar-refractivity contribution in [3.05, 3.63) is 57.5 Å². The van der Waals surface area contributed by atoms with Gasteiger partial charge in [-0.1, -0.05) is 0 Å². The molecule has 0 saturated carbocycles. The number of aryl methyl sites for hydroxylation is 2. The van der Waals surface area contributed by atoms with Crippen molar-refractivity contribution in [2.75, 3.05) is 18.0 Å². The van der Waals surface area contributed by atoms with E-state index in [2.05, 4.69) is 16.0 Å². The van der Waals surface area contributed by atoms with Crippen LogP contribution in [0.1, 0.15) is 29.2 Å². The van der Waals surface area contributed by atoms with Crippen molar-refractivity contribution in [2.45, 2.75) is 26.2 Å². The standard InChI is InChI=1S/C16H18N4O2/c1-11-3-6-17-14(9-11)13-5-8-19(10-13)16-15(20(21)22)12(2)4-7-18-16/h3-4,6-7,9,13H,5,8,10H2,1-2H3. The van der Waals surface area contributed by atoms with Crippen molar-refractivity contribution < 1.29 is 4.92 Å². The molecule has 0 spiro atoms. The van der Waals surface area contributed by atoms with Crippen LogP contribution in [0.2, 0.25) is 0 Å². The molecule has 0 aromatic carbocycles. The second-order valence-corrected chi connectivity index (χ2v) is 5.75. The molecule has 1 atom stereocenters. The highest BCUT2D eigenvalue weighted by molar-refractivity contribution is 5.62. The molecule has 1 aliphatic rings. The zero-order valence-electron chi connectivity index (χ0n) is 12.7. The lowest BCUT2D eigenvalue weighted by Gasteiger charge is -2.18. The third kappa shape index (κ3) is 2.64. The molecule has 0 radical (unpaired) electrons. The van der Waals surface area contributed by atoms with Crippen LogP contribution in [-0.2, 0) is 0 Å². The summed E-state index contributed by atoms with van der Waals surface area (Å²) in [6.45, 7) is 5.27. The summed E-state index contributed by atoms with van der Waals surface area (Å²) in [4.78, 5) is 21.7. The van der Waals surface area contributed by atoms with Gasteiger partial charge in [0.05, 0.1) is 4.92 Å². The monoisotopic (exact) mass is 298 g/mol. The predicted molar refractivity (Wildman–Crippen MR) is 84.2 cm³/mol. The molecule has 1 fully saturated rings. The number of nitrogens with zero attached hydrogens (tertiary/aromatic N) is 4. The molecule has 3 heterocycles. The minimum absolute atomic E-state index is 0.111. The molecule has 6 heteroatoms. The van der Waals surface area contributed by atoms with Crippen LogP contribution in [0.15, 0.2) is 30.6 Å². The second-order valence-electron chi connectivity index (χ2n) is 5.75. The number of pyridine rings is 2. The van der Waals surface area contributed by atoms with Crippen LogP contribution < -0.4 is 4.90 Å². The number of anilines is 1. The minimum Gasteiger partial charge on any atom is -0.350 e. The highest BCUT2D eigenvalue weighted by Gasteiger charge is 2.31. The van der Waals surface area contributed by atoms with E-state index in [4.69, 9.17) is 0 Å². The van der Waals surface area contributed by atoms with Crippen molar-refractivity contribution in [2.24, 2.45) is 0 Å². The molecule has 1 saturated heterocycles. The fourth-order valence-electron chi connectivity index (χ4n) is 2.97. The van der Waals surface area contributed by atoms with Gasteiger partial charge in [-0.3, -0.25) is 15.1 Å². The van der Waals surface area contributed by atoms with Crippen LogP contribution in [0.25, 0.3) is 0 Å². The van der Waals surface area contributed by atoms with Gasteiger partial charge in [-0.2, -0.15) is 0 Å². The summed E-state index contributed by atoms with van der Waals surface area (Å²) in [5, 5.41) is 11.3. The second kappa shape index (κ2) is 5.71. The molecular weight excluding hydrogens is 280 g/mol. The third-order valence-electron chi connectivity index (χ3n) is 4.13. The van der Waals surface area contributed by atoms with Crippen molar-refractivity contribution in [1.29, 1.82) is 0 Å². The van der Waals surface area contributed by atoms with Crippen LogP contribution in [0, 0.1) is 24.0 Å². The van der Waals surface area contributed by atoms with E-state index in [-0.39, 0.29) is 10.6 Å². The summed E-state index contributed by atoms with van der Waals surface area (Å²) in [5.74, 6) is 0.766. The maximum Gasteiger partial charge on any atom is 0.314 e. The van der Waals surface area contributed by atoms with E-state index in [9.17, 15) is 10.1 Å². The Morgan fingerprint density at radius 2 is 2.05 bits per heavy atom. The largest absolute Gasteiger partial charge is 0.350 e. The Morgan fingerprint density at radius 1 is 1.27 bits per heavy atom. The summed E-state index contributed by atoms with van der Waals surface area (Å²) >= 11 is 0. The highest BCUT2D eigenvalue weighted by atomic mass is 16.6. The lowest BCUT2D eigenvalue weighted by molar-refractivity contribution is -0.384. The molecule has 0 amide bonds. The molecular formula is C16H18N4O2. The topological polar surface area (TPSA) is 72.2 Å². The zero-order valence-corrected chi connectivity index (χ0v) is 12.7. The van der Waals surface area contributed by atoms with Crippen LogP contribution >= 0.6 is 0 Å². The first kappa shape index (κ1) is 14.4. The number of hydrogen-bond acceptors (Lipinski definition) is 5. The molecule has 2 aromatic heterocycles. The maximum absolute atomic E-state index is 11.3. The van der Waals surface area contributed by atoms with Gasteiger partial charge in [-0.25, -0.2) is 4.98 Å². The summed E-state index contributed by atoms with van der Waals surface area (Å²) in [6, 6.07) is 5.74. The quantitative estimate of drug-likeness (QED) is 0.643. The van der Waals surface area contributed by atoms with Gasteiger partial charge < -0.3 is 4.90 Å². The summed E-state index contributed by atoms with van der Waals surface area (Å²) < 4.78 is 0. The molecule has 114 valence electrons. The van der Waals surface area contributed by atoms with E-state index in [1.54, 1.807) is 19.2 Å². The van der Waals surface area contributed by atoms with Crippen LogP contribution in [0.5, 0.6) is 0 Å². The Morgan fingerprint density at radius 3 is 2.77 bits per heavy atom. The van der Waals surface area contributed by atoms with E-state index in [1.807, 2.05) is 24.1 Å².